The molecule has 1 saturated heterocycles. The minimum absolute atomic E-state index is 0.0845. The van der Waals surface area contributed by atoms with E-state index in [0.29, 0.717) is 11.6 Å². The Morgan fingerprint density at radius 1 is 1.12 bits per heavy atom. The molecule has 5 nitrogen and oxygen atoms in total. The van der Waals surface area contributed by atoms with Gasteiger partial charge in [0.25, 0.3) is 5.82 Å². The minimum Gasteiger partial charge on any atom is -0.328 e. The molecule has 3 rings (SSSR count). The second-order valence-corrected chi connectivity index (χ2v) is 9.05. The number of hydrogen-bond acceptors (Lipinski definition) is 3. The zero-order valence-corrected chi connectivity index (χ0v) is 16.0. The summed E-state index contributed by atoms with van der Waals surface area (Å²) in [6.45, 7) is 4.20. The van der Waals surface area contributed by atoms with Crippen molar-refractivity contribution in [1.29, 1.82) is 0 Å². The van der Waals surface area contributed by atoms with Gasteiger partial charge in [0.1, 0.15) is 31.9 Å². The lowest BCUT2D eigenvalue weighted by Gasteiger charge is -2.28. The summed E-state index contributed by atoms with van der Waals surface area (Å²) in [7, 11) is -3.40. The molecule has 0 amide bonds. The standard InChI is InChI=1S/C17H19Cl2N3O2S/c18-14-4-5-16(15(19)13-14)25(23,24)12-11-21-7-9-22(10-8-21)17-3-1-2-6-20-17/h1-6,13H,7-12H2/p+2. The fraction of sp³-hybridized carbons (Fsp3) is 0.353. The Morgan fingerprint density at radius 2 is 1.88 bits per heavy atom. The van der Waals surface area contributed by atoms with E-state index in [0.717, 1.165) is 32.0 Å². The number of piperazine rings is 1. The zero-order chi connectivity index (χ0) is 17.9. The summed E-state index contributed by atoms with van der Waals surface area (Å²) in [6, 6.07) is 10.5. The number of aromatic amines is 1. The quantitative estimate of drug-likeness (QED) is 0.812. The van der Waals surface area contributed by atoms with Gasteiger partial charge in [-0.05, 0) is 24.3 Å². The third-order valence-corrected chi connectivity index (χ3v) is 6.88. The molecule has 1 aliphatic heterocycles. The molecule has 8 heteroatoms. The predicted octanol–water partition coefficient (Wildman–Crippen LogP) is 0.986. The Hall–Kier alpha value is -1.34. The van der Waals surface area contributed by atoms with Crippen molar-refractivity contribution in [3.63, 3.8) is 0 Å². The van der Waals surface area contributed by atoms with Crippen LogP contribution in [0.1, 0.15) is 0 Å². The van der Waals surface area contributed by atoms with Crippen molar-refractivity contribution in [1.82, 2.24) is 0 Å². The van der Waals surface area contributed by atoms with E-state index in [1.54, 1.807) is 6.07 Å². The number of aromatic nitrogens is 1. The van der Waals surface area contributed by atoms with Crippen molar-refractivity contribution in [2.45, 2.75) is 4.90 Å². The van der Waals surface area contributed by atoms with Crippen LogP contribution in [0.4, 0.5) is 5.82 Å². The molecule has 0 aliphatic carbocycles. The second-order valence-electron chi connectivity index (χ2n) is 6.13. The predicted molar refractivity (Wildman–Crippen MR) is 99.3 cm³/mol. The number of anilines is 1. The molecule has 2 heterocycles. The molecule has 0 saturated carbocycles. The van der Waals surface area contributed by atoms with Crippen molar-refractivity contribution in [3.8, 4) is 0 Å². The fourth-order valence-electron chi connectivity index (χ4n) is 3.01. The number of hydrogen-bond donors (Lipinski definition) is 1. The van der Waals surface area contributed by atoms with E-state index >= 15 is 0 Å². The van der Waals surface area contributed by atoms with Crippen LogP contribution in [-0.2, 0) is 9.84 Å². The second kappa shape index (κ2) is 7.91. The fourth-order valence-corrected chi connectivity index (χ4v) is 5.18. The van der Waals surface area contributed by atoms with Gasteiger partial charge in [0.05, 0.1) is 22.7 Å². The van der Waals surface area contributed by atoms with E-state index in [2.05, 4.69) is 16.0 Å². The van der Waals surface area contributed by atoms with Crippen LogP contribution in [-0.4, -0.2) is 46.9 Å². The zero-order valence-electron chi connectivity index (χ0n) is 13.7. The normalized spacial score (nSPS) is 16.2. The first-order valence-corrected chi connectivity index (χ1v) is 10.6. The highest BCUT2D eigenvalue weighted by molar-refractivity contribution is 7.91. The van der Waals surface area contributed by atoms with Crippen LogP contribution >= 0.6 is 23.2 Å². The highest BCUT2D eigenvalue weighted by atomic mass is 35.5. The van der Waals surface area contributed by atoms with Crippen molar-refractivity contribution in [2.75, 3.05) is 43.4 Å². The average Bonchev–Trinajstić information content (AvgIpc) is 2.61. The molecule has 1 fully saturated rings. The number of rotatable bonds is 5. The molecular formula is C17H21Cl2N3O2S+2. The maximum absolute atomic E-state index is 12.5. The van der Waals surface area contributed by atoms with Gasteiger partial charge in [0, 0.05) is 11.1 Å². The summed E-state index contributed by atoms with van der Waals surface area (Å²) in [4.78, 5) is 6.98. The van der Waals surface area contributed by atoms with Gasteiger partial charge < -0.3 is 4.90 Å². The van der Waals surface area contributed by atoms with Gasteiger partial charge in [0.2, 0.25) is 0 Å². The van der Waals surface area contributed by atoms with E-state index in [1.165, 1.54) is 17.0 Å². The number of halogens is 2. The van der Waals surface area contributed by atoms with Crippen LogP contribution in [0.5, 0.6) is 0 Å². The Kier molecular flexibility index (Phi) is 5.84. The highest BCUT2D eigenvalue weighted by Gasteiger charge is 2.27. The lowest BCUT2D eigenvalue weighted by Crippen LogP contribution is -3.15. The molecule has 0 unspecified atom stereocenters. The third kappa shape index (κ3) is 4.64. The van der Waals surface area contributed by atoms with Crippen LogP contribution in [0.25, 0.3) is 0 Å². The van der Waals surface area contributed by atoms with E-state index in [1.807, 2.05) is 18.3 Å². The summed E-state index contributed by atoms with van der Waals surface area (Å²) in [5.41, 5.74) is 0. The Balaban J connectivity index is 1.56. The summed E-state index contributed by atoms with van der Waals surface area (Å²) >= 11 is 11.9. The van der Waals surface area contributed by atoms with E-state index in [9.17, 15) is 8.42 Å². The van der Waals surface area contributed by atoms with Gasteiger partial charge in [0.15, 0.2) is 9.84 Å². The Morgan fingerprint density at radius 3 is 2.52 bits per heavy atom. The van der Waals surface area contributed by atoms with Crippen LogP contribution in [0.3, 0.4) is 0 Å². The monoisotopic (exact) mass is 401 g/mol. The van der Waals surface area contributed by atoms with E-state index < -0.39 is 9.84 Å². The number of pyridine rings is 1. The van der Waals surface area contributed by atoms with E-state index in [-0.39, 0.29) is 15.7 Å². The summed E-state index contributed by atoms with van der Waals surface area (Å²) in [6.07, 6.45) is 1.91. The lowest BCUT2D eigenvalue weighted by atomic mass is 10.3. The number of H-pyrrole nitrogens is 1. The first kappa shape index (κ1) is 18.5. The smallest absolute Gasteiger partial charge is 0.274 e. The molecule has 25 heavy (non-hydrogen) atoms. The molecule has 1 aliphatic rings. The molecule has 0 radical (unpaired) electrons. The molecule has 1 aromatic carbocycles. The number of nitrogens with zero attached hydrogens (tertiary/aromatic N) is 1. The molecule has 134 valence electrons. The van der Waals surface area contributed by atoms with Gasteiger partial charge in [-0.2, -0.15) is 0 Å². The summed E-state index contributed by atoms with van der Waals surface area (Å²) in [5.74, 6) is 1.18. The topological polar surface area (TPSA) is 56.0 Å². The Bertz CT molecular complexity index is 823. The van der Waals surface area contributed by atoms with Crippen LogP contribution < -0.4 is 14.8 Å². The summed E-state index contributed by atoms with van der Waals surface area (Å²) < 4.78 is 25.1. The number of nitrogens with one attached hydrogen (secondary N) is 2. The molecular weight excluding hydrogens is 381 g/mol. The van der Waals surface area contributed by atoms with Gasteiger partial charge in [-0.25, -0.2) is 13.4 Å². The largest absolute Gasteiger partial charge is 0.328 e. The highest BCUT2D eigenvalue weighted by Crippen LogP contribution is 2.25. The van der Waals surface area contributed by atoms with Crippen LogP contribution in [0.15, 0.2) is 47.5 Å². The molecule has 0 atom stereocenters. The van der Waals surface area contributed by atoms with Gasteiger partial charge >= 0.3 is 0 Å². The third-order valence-electron chi connectivity index (χ3n) is 4.46. The van der Waals surface area contributed by atoms with Crippen molar-refractivity contribution < 1.29 is 18.3 Å². The first-order valence-electron chi connectivity index (χ1n) is 8.19. The van der Waals surface area contributed by atoms with Gasteiger partial charge in [-0.1, -0.05) is 29.3 Å². The van der Waals surface area contributed by atoms with Crippen molar-refractivity contribution in [3.05, 3.63) is 52.6 Å². The molecule has 2 aromatic rings. The summed E-state index contributed by atoms with van der Waals surface area (Å²) in [5, 5.41) is 0.621. The van der Waals surface area contributed by atoms with Crippen molar-refractivity contribution >= 4 is 38.9 Å². The van der Waals surface area contributed by atoms with E-state index in [4.69, 9.17) is 23.2 Å². The SMILES string of the molecule is O=S(=O)(CC[NH+]1CCN(c2cccc[nH+]2)CC1)c1ccc(Cl)cc1Cl. The minimum atomic E-state index is -3.40. The molecule has 1 aromatic heterocycles. The van der Waals surface area contributed by atoms with Gasteiger partial charge in [-0.3, -0.25) is 4.90 Å². The van der Waals surface area contributed by atoms with Crippen LogP contribution in [0.2, 0.25) is 10.0 Å². The number of benzene rings is 1. The lowest BCUT2D eigenvalue weighted by molar-refractivity contribution is -0.898. The molecule has 2 N–H and O–H groups in total. The maximum atomic E-state index is 12.5. The number of sulfone groups is 1. The number of quaternary nitrogens is 1. The van der Waals surface area contributed by atoms with Crippen LogP contribution in [0, 0.1) is 0 Å². The molecule has 0 bridgehead atoms. The average molecular weight is 402 g/mol. The maximum Gasteiger partial charge on any atom is 0.274 e. The first-order chi connectivity index (χ1) is 12.0. The van der Waals surface area contributed by atoms with Crippen molar-refractivity contribution in [2.24, 2.45) is 0 Å². The van der Waals surface area contributed by atoms with Gasteiger partial charge in [-0.15, -0.1) is 0 Å². The Labute approximate surface area is 158 Å². The molecule has 0 spiro atoms.